The summed E-state index contributed by atoms with van der Waals surface area (Å²) in [5.74, 6) is 0.0117. The van der Waals surface area contributed by atoms with E-state index in [1.165, 1.54) is 0 Å². The minimum Gasteiger partial charge on any atom is -0.491 e. The third kappa shape index (κ3) is 4.06. The van der Waals surface area contributed by atoms with Crippen molar-refractivity contribution in [2.75, 3.05) is 25.6 Å². The first-order valence-corrected chi connectivity index (χ1v) is 10.3. The van der Waals surface area contributed by atoms with Crippen molar-refractivity contribution in [3.63, 3.8) is 0 Å². The number of aromatic amines is 1. The molecule has 2 heterocycles. The van der Waals surface area contributed by atoms with Gasteiger partial charge >= 0.3 is 6.09 Å². The number of aryl methyl sites for hydroxylation is 1. The number of fused-ring (bicyclic) bond motifs is 3. The van der Waals surface area contributed by atoms with Gasteiger partial charge in [-0.15, -0.1) is 0 Å². The summed E-state index contributed by atoms with van der Waals surface area (Å²) in [6, 6.07) is 11.0. The SMILES string of the molecule is COCCOc1ccc2c(c1)[nH]c1c(C(N)=O)nc(C)c(-c3cccc(NC(=O)O)c3C)c12. The maximum atomic E-state index is 12.2. The first-order valence-electron chi connectivity index (χ1n) is 10.3. The molecule has 0 aliphatic carbocycles. The molecule has 0 unspecified atom stereocenters. The quantitative estimate of drug-likeness (QED) is 0.312. The Morgan fingerprint density at radius 3 is 2.67 bits per heavy atom. The van der Waals surface area contributed by atoms with E-state index >= 15 is 0 Å². The van der Waals surface area contributed by atoms with Gasteiger partial charge in [-0.3, -0.25) is 10.1 Å². The molecular formula is C24H24N4O5. The van der Waals surface area contributed by atoms with Gasteiger partial charge in [0.25, 0.3) is 5.91 Å². The number of primary amides is 1. The zero-order chi connectivity index (χ0) is 23.7. The smallest absolute Gasteiger partial charge is 0.409 e. The van der Waals surface area contributed by atoms with Gasteiger partial charge in [-0.05, 0) is 43.2 Å². The van der Waals surface area contributed by atoms with Crippen molar-refractivity contribution in [1.82, 2.24) is 9.97 Å². The van der Waals surface area contributed by atoms with Gasteiger partial charge in [0.05, 0.1) is 17.6 Å². The van der Waals surface area contributed by atoms with E-state index in [0.29, 0.717) is 35.9 Å². The number of ether oxygens (including phenoxy) is 2. The number of hydrogen-bond donors (Lipinski definition) is 4. The third-order valence-electron chi connectivity index (χ3n) is 5.53. The lowest BCUT2D eigenvalue weighted by Crippen LogP contribution is -2.15. The van der Waals surface area contributed by atoms with Crippen molar-refractivity contribution in [1.29, 1.82) is 0 Å². The molecular weight excluding hydrogens is 424 g/mol. The highest BCUT2D eigenvalue weighted by molar-refractivity contribution is 6.19. The number of methoxy groups -OCH3 is 1. The molecule has 0 bridgehead atoms. The molecule has 2 aromatic carbocycles. The molecule has 170 valence electrons. The zero-order valence-electron chi connectivity index (χ0n) is 18.5. The van der Waals surface area contributed by atoms with Gasteiger partial charge in [-0.1, -0.05) is 12.1 Å². The number of benzene rings is 2. The fourth-order valence-electron chi connectivity index (χ4n) is 4.07. The summed E-state index contributed by atoms with van der Waals surface area (Å²) >= 11 is 0. The van der Waals surface area contributed by atoms with Crippen LogP contribution in [0, 0.1) is 13.8 Å². The molecule has 0 atom stereocenters. The monoisotopic (exact) mass is 448 g/mol. The summed E-state index contributed by atoms with van der Waals surface area (Å²) in [6.07, 6.45) is -1.15. The zero-order valence-corrected chi connectivity index (χ0v) is 18.5. The van der Waals surface area contributed by atoms with Gasteiger partial charge in [0.2, 0.25) is 0 Å². The Morgan fingerprint density at radius 2 is 1.97 bits per heavy atom. The second-order valence-corrected chi connectivity index (χ2v) is 7.62. The summed E-state index contributed by atoms with van der Waals surface area (Å²) in [5.41, 5.74) is 10.5. The molecule has 0 fully saturated rings. The number of carboxylic acid groups (broad SMARTS) is 1. The summed E-state index contributed by atoms with van der Waals surface area (Å²) in [4.78, 5) is 31.2. The fourth-order valence-corrected chi connectivity index (χ4v) is 4.07. The molecule has 2 aromatic heterocycles. The molecule has 0 saturated heterocycles. The molecule has 4 aromatic rings. The van der Waals surface area contributed by atoms with E-state index in [1.807, 2.05) is 31.2 Å². The van der Waals surface area contributed by atoms with E-state index in [9.17, 15) is 14.7 Å². The number of anilines is 1. The van der Waals surface area contributed by atoms with Gasteiger partial charge in [0, 0.05) is 40.9 Å². The average molecular weight is 448 g/mol. The molecule has 0 saturated carbocycles. The van der Waals surface area contributed by atoms with Crippen LogP contribution in [0.1, 0.15) is 21.7 Å². The van der Waals surface area contributed by atoms with Crippen LogP contribution in [0.15, 0.2) is 36.4 Å². The largest absolute Gasteiger partial charge is 0.491 e. The van der Waals surface area contributed by atoms with Gasteiger partial charge in [0.1, 0.15) is 12.4 Å². The number of nitrogens with two attached hydrogens (primary N) is 1. The van der Waals surface area contributed by atoms with Crippen LogP contribution in [0.3, 0.4) is 0 Å². The van der Waals surface area contributed by atoms with Gasteiger partial charge in [-0.25, -0.2) is 9.78 Å². The first kappa shape index (κ1) is 22.1. The Labute approximate surface area is 189 Å². The molecule has 5 N–H and O–H groups in total. The molecule has 9 heteroatoms. The Balaban J connectivity index is 2.00. The number of H-pyrrole nitrogens is 1. The fraction of sp³-hybridized carbons (Fsp3) is 0.208. The standard InChI is InChI=1S/C24H24N4O5/c1-12-15(5-4-6-17(12)28-24(30)31)19-13(2)26-22(23(25)29)21-20(19)16-8-7-14(11-18(16)27-21)33-10-9-32-3/h4-8,11,27-28H,9-10H2,1-3H3,(H2,25,29)(H,30,31). The average Bonchev–Trinajstić information content (AvgIpc) is 3.13. The number of aromatic nitrogens is 2. The van der Waals surface area contributed by atoms with E-state index in [-0.39, 0.29) is 5.69 Å². The molecule has 0 aliphatic heterocycles. The van der Waals surface area contributed by atoms with Crippen LogP contribution in [0.2, 0.25) is 0 Å². The Morgan fingerprint density at radius 1 is 1.18 bits per heavy atom. The lowest BCUT2D eigenvalue weighted by Gasteiger charge is -2.15. The maximum Gasteiger partial charge on any atom is 0.409 e. The van der Waals surface area contributed by atoms with E-state index in [1.54, 1.807) is 26.2 Å². The number of hydrogen-bond acceptors (Lipinski definition) is 5. The van der Waals surface area contributed by atoms with E-state index in [2.05, 4.69) is 15.3 Å². The van der Waals surface area contributed by atoms with Crippen molar-refractivity contribution in [2.45, 2.75) is 13.8 Å². The Hall–Kier alpha value is -4.11. The van der Waals surface area contributed by atoms with Gasteiger partial charge in [-0.2, -0.15) is 0 Å². The molecule has 9 nitrogen and oxygen atoms in total. The summed E-state index contributed by atoms with van der Waals surface area (Å²) in [6.45, 7) is 4.51. The Kier molecular flexibility index (Phi) is 5.89. The van der Waals surface area contributed by atoms with Gasteiger partial charge < -0.3 is 25.3 Å². The minimum absolute atomic E-state index is 0.141. The highest BCUT2D eigenvalue weighted by atomic mass is 16.5. The normalized spacial score (nSPS) is 11.1. The van der Waals surface area contributed by atoms with E-state index in [4.69, 9.17) is 15.2 Å². The highest BCUT2D eigenvalue weighted by Gasteiger charge is 2.22. The van der Waals surface area contributed by atoms with Crippen LogP contribution in [0.5, 0.6) is 5.75 Å². The predicted octanol–water partition coefficient (Wildman–Crippen LogP) is 4.21. The van der Waals surface area contributed by atoms with E-state index < -0.39 is 12.0 Å². The summed E-state index contributed by atoms with van der Waals surface area (Å²) in [5, 5.41) is 13.3. The van der Waals surface area contributed by atoms with Crippen molar-refractivity contribution < 1.29 is 24.2 Å². The van der Waals surface area contributed by atoms with Crippen molar-refractivity contribution >= 4 is 39.5 Å². The number of nitrogens with one attached hydrogen (secondary N) is 2. The number of amides is 2. The highest BCUT2D eigenvalue weighted by Crippen LogP contribution is 2.40. The molecule has 0 spiro atoms. The van der Waals surface area contributed by atoms with Crippen LogP contribution in [-0.2, 0) is 4.74 Å². The lowest BCUT2D eigenvalue weighted by atomic mass is 9.93. The molecule has 0 radical (unpaired) electrons. The van der Waals surface area contributed by atoms with E-state index in [0.717, 1.165) is 33.0 Å². The van der Waals surface area contributed by atoms with Crippen LogP contribution in [0.25, 0.3) is 32.9 Å². The maximum absolute atomic E-state index is 12.2. The van der Waals surface area contributed by atoms with Crippen molar-refractivity contribution in [3.8, 4) is 16.9 Å². The van der Waals surface area contributed by atoms with Crippen LogP contribution in [-0.4, -0.2) is 47.4 Å². The first-order chi connectivity index (χ1) is 15.8. The molecule has 33 heavy (non-hydrogen) atoms. The summed E-state index contributed by atoms with van der Waals surface area (Å²) in [7, 11) is 1.61. The number of carbonyl (C=O) groups is 2. The number of carbonyl (C=O) groups excluding carboxylic acids is 1. The third-order valence-corrected chi connectivity index (χ3v) is 5.53. The molecule has 4 rings (SSSR count). The topological polar surface area (TPSA) is 140 Å². The van der Waals surface area contributed by atoms with Crippen molar-refractivity contribution in [3.05, 3.63) is 53.3 Å². The lowest BCUT2D eigenvalue weighted by molar-refractivity contribution is 0.0997. The number of nitrogens with zero attached hydrogens (tertiary/aromatic N) is 1. The predicted molar refractivity (Wildman–Crippen MR) is 126 cm³/mol. The van der Waals surface area contributed by atoms with Crippen LogP contribution in [0.4, 0.5) is 10.5 Å². The summed E-state index contributed by atoms with van der Waals surface area (Å²) < 4.78 is 10.8. The minimum atomic E-state index is -1.15. The van der Waals surface area contributed by atoms with Gasteiger partial charge in [0.15, 0.2) is 5.69 Å². The number of pyridine rings is 1. The second kappa shape index (κ2) is 8.79. The van der Waals surface area contributed by atoms with Crippen LogP contribution >= 0.6 is 0 Å². The van der Waals surface area contributed by atoms with Crippen molar-refractivity contribution in [2.24, 2.45) is 5.73 Å². The second-order valence-electron chi connectivity index (χ2n) is 7.62. The molecule has 2 amide bonds. The molecule has 0 aliphatic rings. The number of rotatable bonds is 7. The Bertz CT molecular complexity index is 1390. The van der Waals surface area contributed by atoms with Crippen LogP contribution < -0.4 is 15.8 Å².